The standard InChI is InChI=1S/C13H19NO/c1-3-12-10(2)14-9-13(15-12)11-7-5-4-6-8-11/h4-8,10,12-14H,3,9H2,1-2H3. The summed E-state index contributed by atoms with van der Waals surface area (Å²) in [5.41, 5.74) is 1.27. The Labute approximate surface area is 91.6 Å². The molecule has 1 fully saturated rings. The average molecular weight is 205 g/mol. The summed E-state index contributed by atoms with van der Waals surface area (Å²) in [4.78, 5) is 0. The number of rotatable bonds is 2. The summed E-state index contributed by atoms with van der Waals surface area (Å²) in [6, 6.07) is 10.9. The van der Waals surface area contributed by atoms with E-state index in [2.05, 4.69) is 43.4 Å². The number of morpholine rings is 1. The van der Waals surface area contributed by atoms with Crippen LogP contribution in [-0.4, -0.2) is 18.7 Å². The molecule has 0 aliphatic carbocycles. The van der Waals surface area contributed by atoms with Crippen molar-refractivity contribution >= 4 is 0 Å². The van der Waals surface area contributed by atoms with Crippen LogP contribution in [0.5, 0.6) is 0 Å². The molecule has 2 nitrogen and oxygen atoms in total. The van der Waals surface area contributed by atoms with Crippen LogP contribution in [0.1, 0.15) is 31.9 Å². The van der Waals surface area contributed by atoms with E-state index in [1.807, 2.05) is 6.07 Å². The Morgan fingerprint density at radius 2 is 2.07 bits per heavy atom. The van der Waals surface area contributed by atoms with Gasteiger partial charge in [0.2, 0.25) is 0 Å². The Bertz CT molecular complexity index is 299. The minimum atomic E-state index is 0.215. The first-order chi connectivity index (χ1) is 7.31. The van der Waals surface area contributed by atoms with E-state index in [-0.39, 0.29) is 6.10 Å². The second kappa shape index (κ2) is 4.77. The maximum absolute atomic E-state index is 6.07. The van der Waals surface area contributed by atoms with E-state index in [0.717, 1.165) is 13.0 Å². The van der Waals surface area contributed by atoms with Crippen molar-refractivity contribution in [3.63, 3.8) is 0 Å². The number of hydrogen-bond acceptors (Lipinski definition) is 2. The summed E-state index contributed by atoms with van der Waals surface area (Å²) in [6.07, 6.45) is 1.62. The molecule has 1 aromatic rings. The molecule has 3 atom stereocenters. The molecule has 0 amide bonds. The molecule has 15 heavy (non-hydrogen) atoms. The molecule has 1 heterocycles. The predicted molar refractivity (Wildman–Crippen MR) is 61.8 cm³/mol. The Kier molecular flexibility index (Phi) is 3.39. The predicted octanol–water partition coefficient (Wildman–Crippen LogP) is 2.51. The number of ether oxygens (including phenoxy) is 1. The van der Waals surface area contributed by atoms with Gasteiger partial charge in [-0.2, -0.15) is 0 Å². The highest BCUT2D eigenvalue weighted by molar-refractivity contribution is 5.18. The van der Waals surface area contributed by atoms with Crippen molar-refractivity contribution in [1.29, 1.82) is 0 Å². The monoisotopic (exact) mass is 205 g/mol. The van der Waals surface area contributed by atoms with Crippen LogP contribution in [0.25, 0.3) is 0 Å². The molecule has 1 aromatic carbocycles. The van der Waals surface area contributed by atoms with Gasteiger partial charge in [-0.05, 0) is 18.9 Å². The van der Waals surface area contributed by atoms with Gasteiger partial charge in [-0.3, -0.25) is 0 Å². The first-order valence-corrected chi connectivity index (χ1v) is 5.75. The van der Waals surface area contributed by atoms with Crippen LogP contribution in [0.3, 0.4) is 0 Å². The fourth-order valence-corrected chi connectivity index (χ4v) is 2.12. The lowest BCUT2D eigenvalue weighted by Crippen LogP contribution is -2.47. The maximum Gasteiger partial charge on any atom is 0.0953 e. The topological polar surface area (TPSA) is 21.3 Å². The number of hydrogen-bond donors (Lipinski definition) is 1. The Morgan fingerprint density at radius 3 is 2.73 bits per heavy atom. The van der Waals surface area contributed by atoms with Gasteiger partial charge in [0.25, 0.3) is 0 Å². The van der Waals surface area contributed by atoms with Crippen LogP contribution in [0.4, 0.5) is 0 Å². The van der Waals surface area contributed by atoms with Crippen LogP contribution in [0.15, 0.2) is 30.3 Å². The van der Waals surface area contributed by atoms with E-state index >= 15 is 0 Å². The smallest absolute Gasteiger partial charge is 0.0953 e. The van der Waals surface area contributed by atoms with Crippen molar-refractivity contribution in [2.24, 2.45) is 0 Å². The fourth-order valence-electron chi connectivity index (χ4n) is 2.12. The Hall–Kier alpha value is -0.860. The molecule has 1 aliphatic rings. The van der Waals surface area contributed by atoms with Gasteiger partial charge >= 0.3 is 0 Å². The zero-order valence-electron chi connectivity index (χ0n) is 9.44. The van der Waals surface area contributed by atoms with E-state index in [1.165, 1.54) is 5.56 Å². The quantitative estimate of drug-likeness (QED) is 0.801. The summed E-state index contributed by atoms with van der Waals surface area (Å²) in [5, 5.41) is 3.51. The molecule has 1 aliphatic heterocycles. The molecule has 3 unspecified atom stereocenters. The van der Waals surface area contributed by atoms with Crippen LogP contribution in [0.2, 0.25) is 0 Å². The first-order valence-electron chi connectivity index (χ1n) is 5.75. The molecule has 82 valence electrons. The first kappa shape index (κ1) is 10.7. The van der Waals surface area contributed by atoms with Crippen molar-refractivity contribution < 1.29 is 4.74 Å². The molecule has 1 N–H and O–H groups in total. The average Bonchev–Trinajstić information content (AvgIpc) is 2.31. The van der Waals surface area contributed by atoms with Gasteiger partial charge in [0.05, 0.1) is 12.2 Å². The Balaban J connectivity index is 2.06. The van der Waals surface area contributed by atoms with Crippen molar-refractivity contribution in [3.8, 4) is 0 Å². The summed E-state index contributed by atoms with van der Waals surface area (Å²) in [6.45, 7) is 5.28. The van der Waals surface area contributed by atoms with Crippen molar-refractivity contribution in [3.05, 3.63) is 35.9 Å². The highest BCUT2D eigenvalue weighted by Crippen LogP contribution is 2.24. The van der Waals surface area contributed by atoms with Crippen LogP contribution in [0, 0.1) is 0 Å². The molecular formula is C13H19NO. The largest absolute Gasteiger partial charge is 0.367 e. The highest BCUT2D eigenvalue weighted by atomic mass is 16.5. The van der Waals surface area contributed by atoms with Gasteiger partial charge in [-0.1, -0.05) is 37.3 Å². The zero-order valence-corrected chi connectivity index (χ0v) is 9.44. The van der Waals surface area contributed by atoms with E-state index < -0.39 is 0 Å². The van der Waals surface area contributed by atoms with E-state index in [9.17, 15) is 0 Å². The molecule has 0 spiro atoms. The third-order valence-corrected chi connectivity index (χ3v) is 3.10. The van der Waals surface area contributed by atoms with Crippen molar-refractivity contribution in [2.45, 2.75) is 38.5 Å². The van der Waals surface area contributed by atoms with Crippen LogP contribution < -0.4 is 5.32 Å². The second-order valence-corrected chi connectivity index (χ2v) is 4.18. The van der Waals surface area contributed by atoms with E-state index in [4.69, 9.17) is 4.74 Å². The molecule has 2 heteroatoms. The molecular weight excluding hydrogens is 186 g/mol. The lowest BCUT2D eigenvalue weighted by molar-refractivity contribution is -0.0621. The second-order valence-electron chi connectivity index (χ2n) is 4.18. The Morgan fingerprint density at radius 1 is 1.33 bits per heavy atom. The van der Waals surface area contributed by atoms with Gasteiger partial charge in [0.15, 0.2) is 0 Å². The third kappa shape index (κ3) is 2.39. The van der Waals surface area contributed by atoms with Crippen LogP contribution in [-0.2, 0) is 4.74 Å². The molecule has 0 bridgehead atoms. The molecule has 2 rings (SSSR count). The molecule has 0 aromatic heterocycles. The van der Waals surface area contributed by atoms with Crippen molar-refractivity contribution in [2.75, 3.05) is 6.54 Å². The van der Waals surface area contributed by atoms with Gasteiger partial charge in [-0.15, -0.1) is 0 Å². The number of benzene rings is 1. The van der Waals surface area contributed by atoms with E-state index in [0.29, 0.717) is 12.1 Å². The van der Waals surface area contributed by atoms with Gasteiger partial charge in [0, 0.05) is 12.6 Å². The fraction of sp³-hybridized carbons (Fsp3) is 0.538. The minimum absolute atomic E-state index is 0.215. The van der Waals surface area contributed by atoms with Crippen molar-refractivity contribution in [1.82, 2.24) is 5.32 Å². The minimum Gasteiger partial charge on any atom is -0.367 e. The lowest BCUT2D eigenvalue weighted by atomic mass is 10.0. The maximum atomic E-state index is 6.07. The van der Waals surface area contributed by atoms with Gasteiger partial charge in [0.1, 0.15) is 0 Å². The summed E-state index contributed by atoms with van der Waals surface area (Å²) >= 11 is 0. The number of nitrogens with one attached hydrogen (secondary N) is 1. The third-order valence-electron chi connectivity index (χ3n) is 3.10. The SMILES string of the molecule is CCC1OC(c2ccccc2)CNC1C. The lowest BCUT2D eigenvalue weighted by Gasteiger charge is -2.35. The summed E-state index contributed by atoms with van der Waals surface area (Å²) < 4.78 is 6.07. The summed E-state index contributed by atoms with van der Waals surface area (Å²) in [7, 11) is 0. The highest BCUT2D eigenvalue weighted by Gasteiger charge is 2.27. The molecule has 1 saturated heterocycles. The zero-order chi connectivity index (χ0) is 10.7. The molecule has 0 saturated carbocycles. The molecule has 0 radical (unpaired) electrons. The summed E-state index contributed by atoms with van der Waals surface area (Å²) in [5.74, 6) is 0. The van der Waals surface area contributed by atoms with Gasteiger partial charge < -0.3 is 10.1 Å². The normalized spacial score (nSPS) is 31.5. The van der Waals surface area contributed by atoms with Gasteiger partial charge in [-0.25, -0.2) is 0 Å². The van der Waals surface area contributed by atoms with E-state index in [1.54, 1.807) is 0 Å². The van der Waals surface area contributed by atoms with Crippen LogP contribution >= 0.6 is 0 Å².